The van der Waals surface area contributed by atoms with E-state index in [1.165, 1.54) is 24.3 Å². The van der Waals surface area contributed by atoms with Gasteiger partial charge in [-0.2, -0.15) is 0 Å². The van der Waals surface area contributed by atoms with E-state index >= 15 is 0 Å². The molecule has 0 aliphatic carbocycles. The molecule has 0 aromatic carbocycles. The van der Waals surface area contributed by atoms with Gasteiger partial charge >= 0.3 is 0 Å². The summed E-state index contributed by atoms with van der Waals surface area (Å²) in [6.45, 7) is 7.66. The minimum atomic E-state index is 0.661. The Hall–Kier alpha value is -0.410. The molecule has 0 aliphatic rings. The van der Waals surface area contributed by atoms with Gasteiger partial charge in [-0.1, -0.05) is 13.8 Å². The predicted octanol–water partition coefficient (Wildman–Crippen LogP) is 3.16. The maximum atomic E-state index is 4.49. The van der Waals surface area contributed by atoms with Crippen molar-refractivity contribution in [1.82, 2.24) is 10.3 Å². The molecule has 0 saturated heterocycles. The Bertz CT molecular complexity index is 270. The Balaban J connectivity index is 2.27. The van der Waals surface area contributed by atoms with Crippen LogP contribution in [0.1, 0.15) is 43.8 Å². The SMILES string of the molecule is CCCNC(CC)CCc1nc(C)cs1. The fraction of sp³-hybridized carbons (Fsp3) is 0.750. The van der Waals surface area contributed by atoms with Crippen LogP contribution >= 0.6 is 11.3 Å². The standard InChI is InChI=1S/C12H22N2S/c1-4-8-13-11(5-2)6-7-12-14-10(3)9-15-12/h9,11,13H,4-8H2,1-3H3. The zero-order valence-corrected chi connectivity index (χ0v) is 10.9. The minimum absolute atomic E-state index is 0.661. The molecule has 0 aliphatic heterocycles. The average molecular weight is 226 g/mol. The van der Waals surface area contributed by atoms with Gasteiger partial charge in [-0.3, -0.25) is 0 Å². The predicted molar refractivity (Wildman–Crippen MR) is 67.5 cm³/mol. The zero-order chi connectivity index (χ0) is 11.1. The van der Waals surface area contributed by atoms with Gasteiger partial charge in [-0.25, -0.2) is 4.98 Å². The van der Waals surface area contributed by atoms with Crippen molar-refractivity contribution in [2.45, 2.75) is 52.5 Å². The molecule has 1 aromatic heterocycles. The number of thiazole rings is 1. The Labute approximate surface area is 97.1 Å². The molecule has 1 unspecified atom stereocenters. The van der Waals surface area contributed by atoms with Gasteiger partial charge in [0, 0.05) is 23.5 Å². The van der Waals surface area contributed by atoms with Crippen LogP contribution in [0.4, 0.5) is 0 Å². The van der Waals surface area contributed by atoms with Crippen LogP contribution in [0.25, 0.3) is 0 Å². The number of aryl methyl sites for hydroxylation is 2. The summed E-state index contributed by atoms with van der Waals surface area (Å²) in [5, 5.41) is 6.99. The van der Waals surface area contributed by atoms with Gasteiger partial charge in [0.25, 0.3) is 0 Å². The first-order valence-electron chi connectivity index (χ1n) is 5.90. The van der Waals surface area contributed by atoms with Crippen molar-refractivity contribution in [2.24, 2.45) is 0 Å². The lowest BCUT2D eigenvalue weighted by Gasteiger charge is -2.15. The van der Waals surface area contributed by atoms with Gasteiger partial charge in [0.1, 0.15) is 0 Å². The number of nitrogens with zero attached hydrogens (tertiary/aromatic N) is 1. The first-order chi connectivity index (χ1) is 7.26. The molecule has 86 valence electrons. The zero-order valence-electron chi connectivity index (χ0n) is 10.0. The molecule has 1 aromatic rings. The van der Waals surface area contributed by atoms with Crippen LogP contribution in [0.15, 0.2) is 5.38 Å². The van der Waals surface area contributed by atoms with Crippen LogP contribution in [-0.2, 0) is 6.42 Å². The third kappa shape index (κ3) is 4.76. The van der Waals surface area contributed by atoms with Crippen LogP contribution in [0.2, 0.25) is 0 Å². The van der Waals surface area contributed by atoms with Crippen molar-refractivity contribution >= 4 is 11.3 Å². The molecule has 0 fully saturated rings. The normalized spacial score (nSPS) is 13.0. The molecular formula is C12H22N2S. The van der Waals surface area contributed by atoms with E-state index < -0.39 is 0 Å². The van der Waals surface area contributed by atoms with Crippen molar-refractivity contribution in [2.75, 3.05) is 6.54 Å². The smallest absolute Gasteiger partial charge is 0.0928 e. The summed E-state index contributed by atoms with van der Waals surface area (Å²) >= 11 is 1.79. The summed E-state index contributed by atoms with van der Waals surface area (Å²) in [6.07, 6.45) is 4.76. The topological polar surface area (TPSA) is 24.9 Å². The maximum absolute atomic E-state index is 4.49. The summed E-state index contributed by atoms with van der Waals surface area (Å²) in [7, 11) is 0. The Morgan fingerprint density at radius 3 is 2.80 bits per heavy atom. The van der Waals surface area contributed by atoms with E-state index in [0.717, 1.165) is 18.7 Å². The van der Waals surface area contributed by atoms with Crippen molar-refractivity contribution in [3.05, 3.63) is 16.1 Å². The fourth-order valence-electron chi connectivity index (χ4n) is 1.61. The lowest BCUT2D eigenvalue weighted by atomic mass is 10.1. The molecule has 1 rings (SSSR count). The van der Waals surface area contributed by atoms with Crippen LogP contribution in [0.5, 0.6) is 0 Å². The Morgan fingerprint density at radius 1 is 1.47 bits per heavy atom. The van der Waals surface area contributed by atoms with Crippen molar-refractivity contribution in [1.29, 1.82) is 0 Å². The third-order valence-corrected chi connectivity index (χ3v) is 3.58. The van der Waals surface area contributed by atoms with Gasteiger partial charge in [0.15, 0.2) is 0 Å². The summed E-state index contributed by atoms with van der Waals surface area (Å²) in [6, 6.07) is 0.661. The maximum Gasteiger partial charge on any atom is 0.0928 e. The molecule has 0 amide bonds. The first kappa shape index (κ1) is 12.7. The highest BCUT2D eigenvalue weighted by molar-refractivity contribution is 7.09. The summed E-state index contributed by atoms with van der Waals surface area (Å²) < 4.78 is 0. The summed E-state index contributed by atoms with van der Waals surface area (Å²) in [5.74, 6) is 0. The number of aromatic nitrogens is 1. The van der Waals surface area contributed by atoms with Crippen LogP contribution in [-0.4, -0.2) is 17.6 Å². The summed E-state index contributed by atoms with van der Waals surface area (Å²) in [5.41, 5.74) is 1.16. The summed E-state index contributed by atoms with van der Waals surface area (Å²) in [4.78, 5) is 4.49. The minimum Gasteiger partial charge on any atom is -0.314 e. The van der Waals surface area contributed by atoms with E-state index in [9.17, 15) is 0 Å². The molecule has 2 nitrogen and oxygen atoms in total. The molecular weight excluding hydrogens is 204 g/mol. The highest BCUT2D eigenvalue weighted by atomic mass is 32.1. The second kappa shape index (κ2) is 6.96. The quantitative estimate of drug-likeness (QED) is 0.772. The molecule has 15 heavy (non-hydrogen) atoms. The molecule has 0 spiro atoms. The van der Waals surface area contributed by atoms with Crippen LogP contribution in [0.3, 0.4) is 0 Å². The van der Waals surface area contributed by atoms with Gasteiger partial charge < -0.3 is 5.32 Å². The van der Waals surface area contributed by atoms with E-state index in [0.29, 0.717) is 6.04 Å². The Morgan fingerprint density at radius 2 is 2.27 bits per heavy atom. The molecule has 0 bridgehead atoms. The van der Waals surface area contributed by atoms with Crippen LogP contribution < -0.4 is 5.32 Å². The lowest BCUT2D eigenvalue weighted by molar-refractivity contribution is 0.468. The average Bonchev–Trinajstić information content (AvgIpc) is 2.65. The molecule has 1 heterocycles. The third-order valence-electron chi connectivity index (χ3n) is 2.55. The first-order valence-corrected chi connectivity index (χ1v) is 6.78. The second-order valence-electron chi connectivity index (χ2n) is 3.98. The van der Waals surface area contributed by atoms with Gasteiger partial charge in [-0.15, -0.1) is 11.3 Å². The molecule has 0 radical (unpaired) electrons. The highest BCUT2D eigenvalue weighted by Crippen LogP contribution is 2.12. The van der Waals surface area contributed by atoms with Crippen molar-refractivity contribution < 1.29 is 0 Å². The van der Waals surface area contributed by atoms with Gasteiger partial charge in [0.2, 0.25) is 0 Å². The molecule has 1 N–H and O–H groups in total. The van der Waals surface area contributed by atoms with Crippen molar-refractivity contribution in [3.8, 4) is 0 Å². The second-order valence-corrected chi connectivity index (χ2v) is 4.92. The van der Waals surface area contributed by atoms with Crippen LogP contribution in [0, 0.1) is 6.92 Å². The fourth-order valence-corrected chi connectivity index (χ4v) is 2.41. The number of nitrogens with one attached hydrogen (secondary N) is 1. The lowest BCUT2D eigenvalue weighted by Crippen LogP contribution is -2.29. The number of hydrogen-bond donors (Lipinski definition) is 1. The van der Waals surface area contributed by atoms with E-state index in [2.05, 4.69) is 36.5 Å². The van der Waals surface area contributed by atoms with E-state index in [1.807, 2.05) is 0 Å². The number of rotatable bonds is 7. The van der Waals surface area contributed by atoms with E-state index in [-0.39, 0.29) is 0 Å². The molecule has 0 saturated carbocycles. The van der Waals surface area contributed by atoms with E-state index in [1.54, 1.807) is 11.3 Å². The largest absolute Gasteiger partial charge is 0.314 e. The Kier molecular flexibility index (Phi) is 5.88. The van der Waals surface area contributed by atoms with Crippen molar-refractivity contribution in [3.63, 3.8) is 0 Å². The monoisotopic (exact) mass is 226 g/mol. The van der Waals surface area contributed by atoms with E-state index in [4.69, 9.17) is 0 Å². The van der Waals surface area contributed by atoms with Gasteiger partial charge in [-0.05, 0) is 32.7 Å². The molecule has 3 heteroatoms. The highest BCUT2D eigenvalue weighted by Gasteiger charge is 2.06. The van der Waals surface area contributed by atoms with Gasteiger partial charge in [0.05, 0.1) is 5.01 Å². The number of hydrogen-bond acceptors (Lipinski definition) is 3. The molecule has 1 atom stereocenters.